The van der Waals surface area contributed by atoms with Crippen LogP contribution in [0.1, 0.15) is 69.2 Å². The molecule has 20 nitrogen and oxygen atoms in total. The Hall–Kier alpha value is -8.77. The zero-order valence-corrected chi connectivity index (χ0v) is 47.5. The number of nitrogens with zero attached hydrogens (tertiary/aromatic N) is 8. The van der Waals surface area contributed by atoms with Gasteiger partial charge in [-0.25, -0.2) is 0 Å². The van der Waals surface area contributed by atoms with Gasteiger partial charge in [0.15, 0.2) is 0 Å². The molecule has 0 aliphatic carbocycles. The van der Waals surface area contributed by atoms with Crippen LogP contribution in [0.2, 0.25) is 0 Å². The fraction of sp³-hybridized carbons (Fsp3) is 0.200. The smallest absolute Gasteiger partial charge is 2.00 e. The number of aromatic hydroxyl groups is 4. The van der Waals surface area contributed by atoms with Gasteiger partial charge in [-0.05, 0) is 72.8 Å². The number of hydrogen-bond acceptors (Lipinski definition) is 16. The second kappa shape index (κ2) is 34.1. The second-order valence-electron chi connectivity index (χ2n) is 18.5. The van der Waals surface area contributed by atoms with Crippen LogP contribution >= 0.6 is 0 Å². The number of phenolic OH excluding ortho intramolecular Hbond substituents is 4. The van der Waals surface area contributed by atoms with Crippen LogP contribution < -0.4 is 0 Å². The van der Waals surface area contributed by atoms with E-state index < -0.39 is 89.5 Å². The van der Waals surface area contributed by atoms with E-state index in [1.165, 1.54) is 24.3 Å². The summed E-state index contributed by atoms with van der Waals surface area (Å²) in [5.74, 6) is -4.45. The summed E-state index contributed by atoms with van der Waals surface area (Å²) in [7, 11) is 0. The van der Waals surface area contributed by atoms with E-state index in [9.17, 15) is 70.7 Å². The number of para-hydroxylation sites is 4. The molecule has 8 rings (SSSR count). The van der Waals surface area contributed by atoms with Crippen LogP contribution in [0.4, 0.5) is 10.7 Å². The van der Waals surface area contributed by atoms with E-state index in [1.807, 2.05) is 0 Å². The topological polar surface area (TPSA) is 295 Å². The summed E-state index contributed by atoms with van der Waals surface area (Å²) >= 11 is -4.40. The van der Waals surface area contributed by atoms with Gasteiger partial charge in [-0.1, -0.05) is 97.1 Å². The Morgan fingerprint density at radius 1 is 0.341 bits per heavy atom. The molecule has 1 radical (unpaired) electrons. The maximum absolute atomic E-state index is 12.0. The fourth-order valence-electron chi connectivity index (χ4n) is 9.60. The first-order valence-electron chi connectivity index (χ1n) is 25.7. The standard InChI is InChI=1S/2C30H30N4O6.3FH.2Mn/c2*35-25-13-3-1-9-21(25)29(23-11-5-7-15-31-23)33(19-27(37)38)17-18-34(20-28(39)40)30(24-12-6-8-16-32-24)22-10-2-4-14-26(22)36;;;;;/h2*1-16,29-30,35-36H,17-20H2,(H,37,38)(H,39,40);3*1H;;/q;;;;;+2;+3/p-3/t2*29-,30?;;;;;/m00...../s1. The minimum Gasteiger partial charge on any atom is 2.00 e. The number of hydrogen-bond donors (Lipinski definition) is 8. The van der Waals surface area contributed by atoms with E-state index in [2.05, 4.69) is 19.9 Å². The number of aromatic nitrogens is 4. The molecule has 4 aromatic carbocycles. The Kier molecular flexibility index (Phi) is 26.9. The first-order chi connectivity index (χ1) is 40.4. The number of phenols is 4. The number of carboxylic acid groups (broad SMARTS) is 4. The average Bonchev–Trinajstić information content (AvgIpc) is 3.25. The molecule has 0 aliphatic rings. The van der Waals surface area contributed by atoms with E-state index >= 15 is 0 Å². The summed E-state index contributed by atoms with van der Waals surface area (Å²) in [5.41, 5.74) is 3.97. The number of pyridine rings is 4. The molecule has 4 heterocycles. The summed E-state index contributed by atoms with van der Waals surface area (Å²) in [5, 5.41) is 82.2. The Labute approximate surface area is 503 Å². The third-order valence-electron chi connectivity index (χ3n) is 13.0. The van der Waals surface area contributed by atoms with Gasteiger partial charge in [0, 0.05) is 73.2 Å². The van der Waals surface area contributed by atoms with Gasteiger partial charge >= 0.3 is 66.9 Å². The van der Waals surface area contributed by atoms with Gasteiger partial charge in [0.2, 0.25) is 0 Å². The van der Waals surface area contributed by atoms with Crippen molar-refractivity contribution in [3.05, 3.63) is 240 Å². The number of rotatable bonds is 26. The van der Waals surface area contributed by atoms with E-state index in [1.54, 1.807) is 190 Å². The van der Waals surface area contributed by atoms with Crippen LogP contribution in [0, 0.1) is 0 Å². The predicted octanol–water partition coefficient (Wildman–Crippen LogP) is 8.34. The van der Waals surface area contributed by atoms with E-state index in [0.29, 0.717) is 45.0 Å². The van der Waals surface area contributed by atoms with Gasteiger partial charge in [0.25, 0.3) is 0 Å². The fourth-order valence-corrected chi connectivity index (χ4v) is 9.60. The Balaban J connectivity index is 0.000000289. The van der Waals surface area contributed by atoms with Crippen molar-refractivity contribution >= 4 is 23.9 Å². The number of benzene rings is 4. The summed E-state index contributed by atoms with van der Waals surface area (Å²) in [6.45, 7) is -1.25. The molecule has 85 heavy (non-hydrogen) atoms. The first-order valence-corrected chi connectivity index (χ1v) is 27.0. The largest absolute Gasteiger partial charge is 2.00 e. The van der Waals surface area contributed by atoms with Crippen LogP contribution in [0.15, 0.2) is 195 Å². The molecule has 4 atom stereocenters. The van der Waals surface area contributed by atoms with Gasteiger partial charge in [0.05, 0.1) is 73.1 Å². The zero-order valence-electron chi connectivity index (χ0n) is 45.1. The number of halogens is 3. The van der Waals surface area contributed by atoms with E-state index in [0.717, 1.165) is 0 Å². The van der Waals surface area contributed by atoms with Crippen LogP contribution in [0.5, 0.6) is 23.0 Å². The van der Waals surface area contributed by atoms with Crippen LogP contribution in [0.25, 0.3) is 0 Å². The first kappa shape index (κ1) is 67.0. The van der Waals surface area contributed by atoms with Crippen LogP contribution in [0.3, 0.4) is 0 Å². The van der Waals surface area contributed by atoms with Crippen LogP contribution in [-0.2, 0) is 51.5 Å². The predicted molar refractivity (Wildman–Crippen MR) is 297 cm³/mol. The van der Waals surface area contributed by atoms with Crippen molar-refractivity contribution in [2.24, 2.45) is 0 Å². The summed E-state index contributed by atoms with van der Waals surface area (Å²) in [6, 6.07) is 44.7. The minimum atomic E-state index is -4.40. The van der Waals surface area contributed by atoms with Crippen molar-refractivity contribution in [1.82, 2.24) is 39.5 Å². The molecular formula is C60H60F3Mn2N8O12+2. The normalized spacial score (nSPS) is 12.5. The van der Waals surface area contributed by atoms with Crippen molar-refractivity contribution < 1.29 is 103 Å². The molecule has 0 amide bonds. The number of carbonyl (C=O) groups is 4. The maximum atomic E-state index is 12.0. The monoisotopic (exact) mass is 1250 g/mol. The molecule has 0 bridgehead atoms. The molecule has 445 valence electrons. The third kappa shape index (κ3) is 20.2. The summed E-state index contributed by atoms with van der Waals surface area (Å²) < 4.78 is 29.3. The molecule has 0 aliphatic heterocycles. The molecule has 8 N–H and O–H groups in total. The van der Waals surface area contributed by atoms with Gasteiger partial charge in [0.1, 0.15) is 23.0 Å². The van der Waals surface area contributed by atoms with Gasteiger partial charge in [-0.15, -0.1) is 0 Å². The molecule has 0 spiro atoms. The van der Waals surface area contributed by atoms with Crippen molar-refractivity contribution in [2.75, 3.05) is 52.4 Å². The van der Waals surface area contributed by atoms with E-state index in [-0.39, 0.29) is 66.2 Å². The molecule has 0 saturated carbocycles. The molecule has 0 fully saturated rings. The minimum absolute atomic E-state index is 0. The van der Waals surface area contributed by atoms with Gasteiger partial charge in [-0.2, -0.15) is 0 Å². The molecule has 2 unspecified atom stereocenters. The molecule has 8 aromatic rings. The van der Waals surface area contributed by atoms with Gasteiger partial charge < -0.3 is 40.9 Å². The molecular weight excluding hydrogens is 1190 g/mol. The van der Waals surface area contributed by atoms with Crippen molar-refractivity contribution in [3.8, 4) is 23.0 Å². The molecule has 4 aromatic heterocycles. The zero-order chi connectivity index (χ0) is 60.5. The van der Waals surface area contributed by atoms with E-state index in [4.69, 9.17) is 0 Å². The Bertz CT molecular complexity index is 2920. The average molecular weight is 1250 g/mol. The van der Waals surface area contributed by atoms with Crippen LogP contribution in [-0.4, -0.2) is 157 Å². The molecule has 25 heteroatoms. The van der Waals surface area contributed by atoms with Crippen molar-refractivity contribution in [3.63, 3.8) is 0 Å². The Morgan fingerprint density at radius 2 is 0.518 bits per heavy atom. The van der Waals surface area contributed by atoms with Crippen molar-refractivity contribution in [2.45, 2.75) is 24.2 Å². The second-order valence-corrected chi connectivity index (χ2v) is 19.0. The third-order valence-corrected chi connectivity index (χ3v) is 13.0. The number of carboxylic acids is 4. The van der Waals surface area contributed by atoms with Crippen molar-refractivity contribution in [1.29, 1.82) is 0 Å². The van der Waals surface area contributed by atoms with Gasteiger partial charge in [-0.3, -0.25) is 58.7 Å². The quantitative estimate of drug-likeness (QED) is 0.0236. The summed E-state index contributed by atoms with van der Waals surface area (Å²) in [6.07, 6.45) is 6.36. The number of aliphatic carboxylic acids is 4. The SMILES string of the molecule is O=C(O)CN(CCN(CC(=O)O)[C@H](c1ccccn1)c1ccccc1O)C(c1ccccn1)c1ccccc1O.O=C(O)CN(CCN(CC(=O)O)[C@H](c1ccccn1)c1ccccc1O)C(c1ccccn1)c1ccccc1O.[F][Mn]([F])[F].[Mn+2]. The maximum Gasteiger partial charge on any atom is 2.00 e. The Morgan fingerprint density at radius 3 is 0.671 bits per heavy atom. The summed E-state index contributed by atoms with van der Waals surface area (Å²) in [4.78, 5) is 72.4. The molecule has 0 saturated heterocycles.